The van der Waals surface area contributed by atoms with E-state index in [2.05, 4.69) is 27.8 Å². The number of carbonyl (C=O) groups is 3. The summed E-state index contributed by atoms with van der Waals surface area (Å²) in [6, 6.07) is 1.16. The quantitative estimate of drug-likeness (QED) is 0.0333. The van der Waals surface area contributed by atoms with E-state index < -0.39 is 49.5 Å². The molecule has 388 valence electrons. The minimum atomic E-state index is -4.77. The first-order valence-electron chi connectivity index (χ1n) is 26.9. The smallest absolute Gasteiger partial charge is 0.390 e. The molecule has 5 saturated carbocycles. The van der Waals surface area contributed by atoms with E-state index in [1.54, 1.807) is 51.4 Å². The number of phosphoric acid groups is 1. The molecule has 2 amide bonds. The first-order valence-corrected chi connectivity index (χ1v) is 29.0. The fourth-order valence-electron chi connectivity index (χ4n) is 11.8. The van der Waals surface area contributed by atoms with Crippen LogP contribution in [-0.2, 0) is 34.8 Å². The van der Waals surface area contributed by atoms with Crippen LogP contribution in [0, 0.1) is 29.6 Å². The number of hydrogen-bond acceptors (Lipinski definition) is 10. The van der Waals surface area contributed by atoms with Crippen molar-refractivity contribution in [3.05, 3.63) is 33.1 Å². The normalized spacial score (nSPS) is 24.2. The molecule has 5 N–H and O–H groups in total. The first-order chi connectivity index (χ1) is 32.8. The second kappa shape index (κ2) is 30.5. The molecule has 0 bridgehead atoms. The molecule has 1 aliphatic heterocycles. The van der Waals surface area contributed by atoms with Gasteiger partial charge in [-0.25, -0.2) is 9.36 Å². The molecular formula is C51H87N4O11PS. The van der Waals surface area contributed by atoms with Gasteiger partial charge in [-0.1, -0.05) is 154 Å². The Morgan fingerprint density at radius 1 is 0.721 bits per heavy atom. The number of aliphatic hydroxyl groups is 1. The molecule has 1 aromatic rings. The molecule has 17 heteroatoms. The van der Waals surface area contributed by atoms with Gasteiger partial charge in [0.2, 0.25) is 5.91 Å². The molecule has 68 heavy (non-hydrogen) atoms. The van der Waals surface area contributed by atoms with Gasteiger partial charge in [0.15, 0.2) is 5.37 Å². The van der Waals surface area contributed by atoms with E-state index in [-0.39, 0.29) is 49.3 Å². The Morgan fingerprint density at radius 3 is 1.71 bits per heavy atom. The van der Waals surface area contributed by atoms with Crippen molar-refractivity contribution in [3.8, 4) is 0 Å². The van der Waals surface area contributed by atoms with E-state index in [1.165, 1.54) is 83.2 Å². The highest BCUT2D eigenvalue weighted by Gasteiger charge is 2.37. The Morgan fingerprint density at radius 2 is 1.21 bits per heavy atom. The zero-order valence-corrected chi connectivity index (χ0v) is 42.8. The van der Waals surface area contributed by atoms with Crippen LogP contribution in [0.4, 0.5) is 0 Å². The molecule has 0 radical (unpaired) electrons. The van der Waals surface area contributed by atoms with E-state index in [9.17, 15) is 33.6 Å². The van der Waals surface area contributed by atoms with Crippen LogP contribution in [0.1, 0.15) is 212 Å². The molecule has 1 aromatic heterocycles. The average molecular weight is 995 g/mol. The molecule has 6 aliphatic rings. The fraction of sp³-hybridized carbons (Fsp3) is 0.863. The first kappa shape index (κ1) is 56.6. The third kappa shape index (κ3) is 20.1. The summed E-state index contributed by atoms with van der Waals surface area (Å²) in [5.41, 5.74) is -1.25. The number of nitrogens with zero attached hydrogens (tertiary/aromatic N) is 2. The molecular weight excluding hydrogens is 908 g/mol. The molecule has 2 heterocycles. The van der Waals surface area contributed by atoms with Crippen LogP contribution in [0.25, 0.3) is 0 Å². The summed E-state index contributed by atoms with van der Waals surface area (Å²) in [5.74, 6) is 3.98. The van der Waals surface area contributed by atoms with Gasteiger partial charge in [0, 0.05) is 50.5 Å². The molecule has 6 fully saturated rings. The maximum Gasteiger partial charge on any atom is 0.469 e. The second-order valence-corrected chi connectivity index (χ2v) is 22.6. The monoisotopic (exact) mass is 995 g/mol. The van der Waals surface area contributed by atoms with Gasteiger partial charge in [0.05, 0.1) is 12.7 Å². The van der Waals surface area contributed by atoms with Gasteiger partial charge in [-0.2, -0.15) is 0 Å². The lowest BCUT2D eigenvalue weighted by molar-refractivity contribution is -0.129. The van der Waals surface area contributed by atoms with Crippen LogP contribution in [0.2, 0.25) is 0 Å². The molecule has 15 nitrogen and oxygen atoms in total. The Kier molecular flexibility index (Phi) is 25.4. The van der Waals surface area contributed by atoms with Gasteiger partial charge >= 0.3 is 13.5 Å². The molecule has 0 aromatic carbocycles. The topological polar surface area (TPSA) is 215 Å². The number of unbranched alkanes of at least 4 members (excludes halogenated alkanes) is 2. The predicted octanol–water partition coefficient (Wildman–Crippen LogP) is 9.04. The molecule has 0 spiro atoms. The number of amides is 2. The summed E-state index contributed by atoms with van der Waals surface area (Å²) in [4.78, 5) is 79.8. The Labute approximate surface area is 411 Å². The maximum absolute atomic E-state index is 12.9. The Hall–Kier alpha value is -2.33. The predicted molar refractivity (Wildman–Crippen MR) is 267 cm³/mol. The number of aromatic nitrogens is 2. The van der Waals surface area contributed by atoms with E-state index >= 15 is 0 Å². The van der Waals surface area contributed by atoms with Crippen molar-refractivity contribution >= 4 is 38.0 Å². The summed E-state index contributed by atoms with van der Waals surface area (Å²) in [7, 11) is -4.77. The van der Waals surface area contributed by atoms with Crippen LogP contribution in [-0.4, -0.2) is 72.4 Å². The van der Waals surface area contributed by atoms with Gasteiger partial charge in [-0.15, -0.1) is 12.6 Å². The van der Waals surface area contributed by atoms with E-state index in [4.69, 9.17) is 14.5 Å². The van der Waals surface area contributed by atoms with Crippen molar-refractivity contribution in [1.82, 2.24) is 19.8 Å². The van der Waals surface area contributed by atoms with Gasteiger partial charge in [-0.05, 0) is 55.8 Å². The van der Waals surface area contributed by atoms with Crippen molar-refractivity contribution < 1.29 is 43.1 Å². The summed E-state index contributed by atoms with van der Waals surface area (Å²) >= 11 is 4.20. The average Bonchev–Trinajstić information content (AvgIpc) is 3.73. The van der Waals surface area contributed by atoms with Crippen molar-refractivity contribution in [3.63, 3.8) is 0 Å². The van der Waals surface area contributed by atoms with Crippen molar-refractivity contribution in [2.24, 2.45) is 29.6 Å². The number of Topliss-reactive ketones (excluding diaryl/α,β-unsaturated/α-hetero) is 1. The third-order valence-electron chi connectivity index (χ3n) is 15.7. The number of thiol groups is 1. The number of hydrogen-bond donors (Lipinski definition) is 6. The molecule has 1 saturated heterocycles. The fourth-order valence-corrected chi connectivity index (χ4v) is 12.3. The third-order valence-corrected chi connectivity index (χ3v) is 16.6. The van der Waals surface area contributed by atoms with Crippen LogP contribution >= 0.6 is 20.5 Å². The molecule has 5 aliphatic carbocycles. The highest BCUT2D eigenvalue weighted by atomic mass is 32.1. The van der Waals surface area contributed by atoms with Crippen LogP contribution in [0.5, 0.6) is 0 Å². The summed E-state index contributed by atoms with van der Waals surface area (Å²) in [5, 5.41) is 14.7. The van der Waals surface area contributed by atoms with Crippen molar-refractivity contribution in [1.29, 1.82) is 0 Å². The number of nitrogens with one attached hydrogen (secondary N) is 2. The molecule has 4 unspecified atom stereocenters. The standard InChI is InChI=1S/C27H43N4O11PS.2C12H22/c32-19(10-5-2-6-13-28-25(36)26(44)29-24(35)18-8-3-1-4-9-18)11-7-14-30-22(34)12-15-31(27(30)37)23-16-20(33)21(42-23)17-41-43(38,39)40;2*1-3-7-11(8-4-1)12-9-5-2-6-10-12/h12,15,18,20-21,23,26,33,44H,1-11,13-14,16-17H2,(H,28,36)(H,29,35)(H2,38,39,40);2*11-12H,1-10H2. The highest BCUT2D eigenvalue weighted by molar-refractivity contribution is 7.81. The summed E-state index contributed by atoms with van der Waals surface area (Å²) in [6.45, 7) is -0.187. The lowest BCUT2D eigenvalue weighted by Gasteiger charge is -2.32. The number of carbonyl (C=O) groups excluding carboxylic acids is 3. The molecule has 7 rings (SSSR count). The number of rotatable bonds is 19. The minimum absolute atomic E-state index is 0.00151. The largest absolute Gasteiger partial charge is 0.469 e. The van der Waals surface area contributed by atoms with Crippen LogP contribution in [0.15, 0.2) is 21.9 Å². The summed E-state index contributed by atoms with van der Waals surface area (Å²) in [6.07, 6.45) is 36.3. The number of aliphatic hydroxyl groups excluding tert-OH is 1. The lowest BCUT2D eigenvalue weighted by atomic mass is 9.73. The van der Waals surface area contributed by atoms with Gasteiger partial charge in [0.25, 0.3) is 11.5 Å². The van der Waals surface area contributed by atoms with E-state index in [0.717, 1.165) is 71.0 Å². The van der Waals surface area contributed by atoms with Gasteiger partial charge < -0.3 is 30.3 Å². The SMILES string of the molecule is C1CCC(C2CCCCC2)CC1.C1CCC(C2CCCCC2)CC1.O=C(CCCCCNC(=O)C(S)NC(=O)C1CCCCC1)CCCn1c(=O)ccn(C2CC(O)C(COP(=O)(O)O)O2)c1=O. The zero-order chi connectivity index (χ0) is 48.7. The summed E-state index contributed by atoms with van der Waals surface area (Å²) < 4.78 is 22.9. The van der Waals surface area contributed by atoms with Crippen molar-refractivity contribution in [2.75, 3.05) is 13.2 Å². The van der Waals surface area contributed by atoms with Crippen LogP contribution in [0.3, 0.4) is 0 Å². The van der Waals surface area contributed by atoms with Gasteiger partial charge in [0.1, 0.15) is 18.1 Å². The highest BCUT2D eigenvalue weighted by Crippen LogP contribution is 2.40. The number of ether oxygens (including phenoxy) is 1. The Balaban J connectivity index is 0.000000286. The number of ketones is 1. The van der Waals surface area contributed by atoms with Crippen LogP contribution < -0.4 is 21.9 Å². The van der Waals surface area contributed by atoms with E-state index in [1.807, 2.05) is 0 Å². The maximum atomic E-state index is 12.9. The van der Waals surface area contributed by atoms with Crippen molar-refractivity contribution in [2.45, 2.75) is 236 Å². The Bertz CT molecular complexity index is 1750. The molecule has 4 atom stereocenters. The van der Waals surface area contributed by atoms with E-state index in [0.29, 0.717) is 32.2 Å². The minimum Gasteiger partial charge on any atom is -0.390 e. The lowest BCUT2D eigenvalue weighted by Crippen LogP contribution is -2.45. The zero-order valence-electron chi connectivity index (χ0n) is 41.0. The van der Waals surface area contributed by atoms with Gasteiger partial charge in [-0.3, -0.25) is 32.8 Å². The number of phosphoric ester groups is 1. The second-order valence-electron chi connectivity index (χ2n) is 20.8.